The summed E-state index contributed by atoms with van der Waals surface area (Å²) < 4.78 is 12.4. The van der Waals surface area contributed by atoms with Gasteiger partial charge in [-0.3, -0.25) is 0 Å². The third-order valence-electron chi connectivity index (χ3n) is 1.70. The predicted octanol–water partition coefficient (Wildman–Crippen LogP) is 0.811. The highest BCUT2D eigenvalue weighted by atomic mass is 16.9. The van der Waals surface area contributed by atoms with Gasteiger partial charge in [-0.2, -0.15) is 0 Å². The molecule has 0 N–H and O–H groups in total. The van der Waals surface area contributed by atoms with E-state index in [1.54, 1.807) is 6.20 Å². The van der Waals surface area contributed by atoms with E-state index >= 15 is 0 Å². The van der Waals surface area contributed by atoms with Crippen molar-refractivity contribution in [2.75, 3.05) is 0 Å². The minimum Gasteiger partial charge on any atom is -0.334 e. The van der Waals surface area contributed by atoms with E-state index in [0.29, 0.717) is 0 Å². The van der Waals surface area contributed by atoms with Gasteiger partial charge in [0.15, 0.2) is 12.1 Å². The van der Waals surface area contributed by atoms with Crippen LogP contribution in [0, 0.1) is 0 Å². The molecule has 0 aromatic carbocycles. The quantitative estimate of drug-likeness (QED) is 0.600. The third-order valence-corrected chi connectivity index (χ3v) is 1.70. The highest BCUT2D eigenvalue weighted by Crippen LogP contribution is 2.29. The number of hydrogen-bond donors (Lipinski definition) is 0. The molecule has 4 heteroatoms. The van der Waals surface area contributed by atoms with Crippen LogP contribution in [0.4, 0.5) is 0 Å². The number of aromatic nitrogens is 2. The van der Waals surface area contributed by atoms with Crippen LogP contribution in [-0.2, 0) is 16.5 Å². The molecule has 1 aliphatic heterocycles. The van der Waals surface area contributed by atoms with Crippen LogP contribution in [0.15, 0.2) is 12.4 Å². The van der Waals surface area contributed by atoms with Crippen LogP contribution in [0.1, 0.15) is 19.0 Å². The lowest BCUT2D eigenvalue weighted by Gasteiger charge is -2.32. The van der Waals surface area contributed by atoms with Gasteiger partial charge in [0.25, 0.3) is 0 Å². The van der Waals surface area contributed by atoms with E-state index in [1.807, 2.05) is 24.7 Å². The number of ether oxygens (including phenoxy) is 2. The zero-order valence-electron chi connectivity index (χ0n) is 6.52. The fraction of sp³-hybridized carbons (Fsp3) is 0.571. The van der Waals surface area contributed by atoms with E-state index in [4.69, 9.17) is 9.47 Å². The molecule has 0 amide bonds. The monoisotopic (exact) mass is 154 g/mol. The number of nitrogens with zero attached hydrogens (tertiary/aromatic N) is 2. The number of hydrogen-bond acceptors (Lipinski definition) is 3. The molecule has 1 fully saturated rings. The number of imidazole rings is 1. The summed E-state index contributed by atoms with van der Waals surface area (Å²) in [6.07, 6.45) is 3.25. The molecule has 0 atom stereocenters. The Morgan fingerprint density at radius 1 is 1.55 bits per heavy atom. The van der Waals surface area contributed by atoms with Gasteiger partial charge in [-0.1, -0.05) is 0 Å². The first-order valence-electron chi connectivity index (χ1n) is 3.55. The maximum Gasteiger partial charge on any atom is 0.222 e. The molecule has 1 aliphatic rings. The minimum atomic E-state index is -0.259. The highest BCUT2D eigenvalue weighted by molar-refractivity contribution is 4.94. The standard InChI is InChI=1S/C7H10N2O2/c1-5-10-7(11-5)6-8-3-4-9(6)2/h3-5,7H,1-2H3. The molecule has 0 spiro atoms. The second-order valence-electron chi connectivity index (χ2n) is 2.57. The van der Waals surface area contributed by atoms with E-state index in [0.717, 1.165) is 5.82 Å². The third kappa shape index (κ3) is 1.04. The van der Waals surface area contributed by atoms with Crippen molar-refractivity contribution < 1.29 is 9.47 Å². The average molecular weight is 154 g/mol. The molecule has 1 aromatic rings. The van der Waals surface area contributed by atoms with Crippen LogP contribution < -0.4 is 0 Å². The predicted molar refractivity (Wildman–Crippen MR) is 37.6 cm³/mol. The van der Waals surface area contributed by atoms with Gasteiger partial charge < -0.3 is 14.0 Å². The van der Waals surface area contributed by atoms with Crippen molar-refractivity contribution in [1.82, 2.24) is 9.55 Å². The topological polar surface area (TPSA) is 36.3 Å². The summed E-state index contributed by atoms with van der Waals surface area (Å²) in [7, 11) is 1.91. The van der Waals surface area contributed by atoms with Crippen molar-refractivity contribution >= 4 is 0 Å². The molecule has 0 saturated carbocycles. The summed E-state index contributed by atoms with van der Waals surface area (Å²) in [5.41, 5.74) is 0. The van der Waals surface area contributed by atoms with Gasteiger partial charge in [0.2, 0.25) is 6.29 Å². The molecule has 0 aliphatic carbocycles. The lowest BCUT2D eigenvalue weighted by molar-refractivity contribution is -0.385. The highest BCUT2D eigenvalue weighted by Gasteiger charge is 2.31. The normalized spacial score (nSPS) is 30.0. The van der Waals surface area contributed by atoms with Crippen molar-refractivity contribution in [3.05, 3.63) is 18.2 Å². The first kappa shape index (κ1) is 6.82. The summed E-state index contributed by atoms with van der Waals surface area (Å²) in [5.74, 6) is 0.822. The van der Waals surface area contributed by atoms with Crippen LogP contribution in [-0.4, -0.2) is 15.8 Å². The molecule has 0 bridgehead atoms. The molecule has 0 radical (unpaired) electrons. The molecule has 1 aromatic heterocycles. The van der Waals surface area contributed by atoms with E-state index in [9.17, 15) is 0 Å². The van der Waals surface area contributed by atoms with Crippen LogP contribution in [0.5, 0.6) is 0 Å². The summed E-state index contributed by atoms with van der Waals surface area (Å²) in [6, 6.07) is 0. The SMILES string of the molecule is CC1OC(c2nccn2C)O1. The molecular weight excluding hydrogens is 144 g/mol. The smallest absolute Gasteiger partial charge is 0.222 e. The van der Waals surface area contributed by atoms with Crippen molar-refractivity contribution in [3.8, 4) is 0 Å². The van der Waals surface area contributed by atoms with E-state index in [1.165, 1.54) is 0 Å². The van der Waals surface area contributed by atoms with Gasteiger partial charge in [0.1, 0.15) is 0 Å². The molecule has 60 valence electrons. The van der Waals surface area contributed by atoms with Gasteiger partial charge >= 0.3 is 0 Å². The van der Waals surface area contributed by atoms with Crippen LogP contribution >= 0.6 is 0 Å². The van der Waals surface area contributed by atoms with Crippen molar-refractivity contribution in [1.29, 1.82) is 0 Å². The maximum atomic E-state index is 5.26. The fourth-order valence-corrected chi connectivity index (χ4v) is 1.08. The Morgan fingerprint density at radius 2 is 2.27 bits per heavy atom. The molecule has 1 saturated heterocycles. The second kappa shape index (κ2) is 2.32. The van der Waals surface area contributed by atoms with Crippen molar-refractivity contribution in [2.45, 2.75) is 19.5 Å². The van der Waals surface area contributed by atoms with Crippen molar-refractivity contribution in [3.63, 3.8) is 0 Å². The Balaban J connectivity index is 2.12. The zero-order chi connectivity index (χ0) is 7.84. The first-order valence-corrected chi connectivity index (χ1v) is 3.55. The molecule has 11 heavy (non-hydrogen) atoms. The molecule has 4 nitrogen and oxygen atoms in total. The Morgan fingerprint density at radius 3 is 2.73 bits per heavy atom. The summed E-state index contributed by atoms with van der Waals surface area (Å²) in [4.78, 5) is 4.09. The van der Waals surface area contributed by atoms with Crippen molar-refractivity contribution in [2.24, 2.45) is 7.05 Å². The minimum absolute atomic E-state index is 0.0864. The van der Waals surface area contributed by atoms with E-state index in [2.05, 4.69) is 4.98 Å². The Bertz CT molecular complexity index is 253. The van der Waals surface area contributed by atoms with E-state index < -0.39 is 0 Å². The largest absolute Gasteiger partial charge is 0.334 e. The van der Waals surface area contributed by atoms with Gasteiger partial charge in [-0.15, -0.1) is 0 Å². The summed E-state index contributed by atoms with van der Waals surface area (Å²) >= 11 is 0. The van der Waals surface area contributed by atoms with Gasteiger partial charge in [0, 0.05) is 19.4 Å². The zero-order valence-corrected chi connectivity index (χ0v) is 6.52. The first-order chi connectivity index (χ1) is 5.27. The van der Waals surface area contributed by atoms with Crippen LogP contribution in [0.2, 0.25) is 0 Å². The second-order valence-corrected chi connectivity index (χ2v) is 2.57. The molecule has 2 heterocycles. The van der Waals surface area contributed by atoms with Crippen LogP contribution in [0.25, 0.3) is 0 Å². The number of aryl methyl sites for hydroxylation is 1. The summed E-state index contributed by atoms with van der Waals surface area (Å²) in [6.45, 7) is 1.86. The van der Waals surface area contributed by atoms with Gasteiger partial charge in [-0.05, 0) is 6.92 Å². The Hall–Kier alpha value is -0.870. The van der Waals surface area contributed by atoms with Crippen LogP contribution in [0.3, 0.4) is 0 Å². The molecule has 2 rings (SSSR count). The van der Waals surface area contributed by atoms with Gasteiger partial charge in [0.05, 0.1) is 0 Å². The number of rotatable bonds is 1. The molecular formula is C7H10N2O2. The molecule has 0 unspecified atom stereocenters. The average Bonchev–Trinajstić information content (AvgIpc) is 2.29. The fourth-order valence-electron chi connectivity index (χ4n) is 1.08. The lowest BCUT2D eigenvalue weighted by atomic mass is 10.5. The maximum absolute atomic E-state index is 5.26. The summed E-state index contributed by atoms with van der Waals surface area (Å²) in [5, 5.41) is 0. The van der Waals surface area contributed by atoms with Gasteiger partial charge in [-0.25, -0.2) is 4.98 Å². The Labute approximate surface area is 64.8 Å². The Kier molecular flexibility index (Phi) is 1.44. The lowest BCUT2D eigenvalue weighted by Crippen LogP contribution is -2.33. The van der Waals surface area contributed by atoms with E-state index in [-0.39, 0.29) is 12.6 Å².